The molecule has 0 saturated heterocycles. The maximum atomic E-state index is 12.4. The Labute approximate surface area is 159 Å². The molecule has 0 radical (unpaired) electrons. The molecule has 2 rings (SSSR count). The SMILES string of the molecule is CC(=O)c1ccc(NC(=O)[C@H](C)N(C)CC(=O)Nc2ccc(C)cc2)cc1. The summed E-state index contributed by atoms with van der Waals surface area (Å²) in [7, 11) is 1.72. The predicted molar refractivity (Wildman–Crippen MR) is 107 cm³/mol. The number of ketones is 1. The number of likely N-dealkylation sites (N-methyl/N-ethyl adjacent to an activating group) is 1. The third-order valence-corrected chi connectivity index (χ3v) is 4.33. The fourth-order valence-electron chi connectivity index (χ4n) is 2.44. The summed E-state index contributed by atoms with van der Waals surface area (Å²) in [5.74, 6) is -0.441. The third kappa shape index (κ3) is 6.04. The average molecular weight is 367 g/mol. The number of benzene rings is 2. The first-order chi connectivity index (χ1) is 12.8. The van der Waals surface area contributed by atoms with Crippen molar-refractivity contribution in [3.8, 4) is 0 Å². The summed E-state index contributed by atoms with van der Waals surface area (Å²) in [6.07, 6.45) is 0. The molecule has 2 amide bonds. The minimum absolute atomic E-state index is 0.0273. The van der Waals surface area contributed by atoms with Gasteiger partial charge in [-0.25, -0.2) is 0 Å². The van der Waals surface area contributed by atoms with Crippen molar-refractivity contribution in [1.29, 1.82) is 0 Å². The lowest BCUT2D eigenvalue weighted by Crippen LogP contribution is -2.43. The first kappa shape index (κ1) is 20.3. The molecule has 2 aromatic rings. The molecule has 142 valence electrons. The first-order valence-electron chi connectivity index (χ1n) is 8.75. The molecule has 6 heteroatoms. The third-order valence-electron chi connectivity index (χ3n) is 4.33. The van der Waals surface area contributed by atoms with Crippen LogP contribution in [0.1, 0.15) is 29.8 Å². The van der Waals surface area contributed by atoms with Crippen LogP contribution < -0.4 is 10.6 Å². The summed E-state index contributed by atoms with van der Waals surface area (Å²) < 4.78 is 0. The summed E-state index contributed by atoms with van der Waals surface area (Å²) in [6.45, 7) is 5.30. The Morgan fingerprint density at radius 3 is 2.00 bits per heavy atom. The summed E-state index contributed by atoms with van der Waals surface area (Å²) in [6, 6.07) is 13.7. The first-order valence-corrected chi connectivity index (χ1v) is 8.75. The number of nitrogens with zero attached hydrogens (tertiary/aromatic N) is 1. The van der Waals surface area contributed by atoms with E-state index in [4.69, 9.17) is 0 Å². The minimum atomic E-state index is -0.499. The van der Waals surface area contributed by atoms with Crippen LogP contribution in [0.4, 0.5) is 11.4 Å². The Hall–Kier alpha value is -2.99. The van der Waals surface area contributed by atoms with Crippen LogP contribution in [0.5, 0.6) is 0 Å². The van der Waals surface area contributed by atoms with Gasteiger partial charge in [0, 0.05) is 16.9 Å². The molecule has 27 heavy (non-hydrogen) atoms. The van der Waals surface area contributed by atoms with Crippen molar-refractivity contribution in [1.82, 2.24) is 4.90 Å². The highest BCUT2D eigenvalue weighted by Crippen LogP contribution is 2.12. The van der Waals surface area contributed by atoms with Gasteiger partial charge >= 0.3 is 0 Å². The highest BCUT2D eigenvalue weighted by molar-refractivity contribution is 5.97. The molecule has 2 aromatic carbocycles. The number of nitrogens with one attached hydrogen (secondary N) is 2. The zero-order valence-corrected chi connectivity index (χ0v) is 16.1. The van der Waals surface area contributed by atoms with Gasteiger partial charge in [-0.15, -0.1) is 0 Å². The van der Waals surface area contributed by atoms with Gasteiger partial charge in [-0.05, 0) is 64.2 Å². The predicted octanol–water partition coefficient (Wildman–Crippen LogP) is 3.10. The van der Waals surface area contributed by atoms with Gasteiger partial charge in [0.25, 0.3) is 0 Å². The van der Waals surface area contributed by atoms with Crippen LogP contribution in [0, 0.1) is 6.92 Å². The van der Waals surface area contributed by atoms with Gasteiger partial charge in [-0.3, -0.25) is 19.3 Å². The van der Waals surface area contributed by atoms with Crippen molar-refractivity contribution in [3.05, 3.63) is 59.7 Å². The van der Waals surface area contributed by atoms with Gasteiger partial charge in [0.2, 0.25) is 11.8 Å². The van der Waals surface area contributed by atoms with Crippen molar-refractivity contribution in [3.63, 3.8) is 0 Å². The molecule has 0 aliphatic carbocycles. The average Bonchev–Trinajstić information content (AvgIpc) is 2.63. The van der Waals surface area contributed by atoms with Crippen molar-refractivity contribution in [2.75, 3.05) is 24.2 Å². The van der Waals surface area contributed by atoms with E-state index >= 15 is 0 Å². The van der Waals surface area contributed by atoms with E-state index in [0.29, 0.717) is 11.3 Å². The van der Waals surface area contributed by atoms with Crippen LogP contribution in [0.15, 0.2) is 48.5 Å². The van der Waals surface area contributed by atoms with Gasteiger partial charge in [0.15, 0.2) is 5.78 Å². The Balaban J connectivity index is 1.88. The van der Waals surface area contributed by atoms with E-state index in [0.717, 1.165) is 11.3 Å². The molecule has 2 N–H and O–H groups in total. The largest absolute Gasteiger partial charge is 0.325 e. The number of anilines is 2. The summed E-state index contributed by atoms with van der Waals surface area (Å²) in [5.41, 5.74) is 3.04. The number of aryl methyl sites for hydroxylation is 1. The molecular weight excluding hydrogens is 342 g/mol. The summed E-state index contributed by atoms with van der Waals surface area (Å²) in [5, 5.41) is 5.61. The molecule has 0 unspecified atom stereocenters. The monoisotopic (exact) mass is 367 g/mol. The maximum absolute atomic E-state index is 12.4. The van der Waals surface area contributed by atoms with Crippen LogP contribution in [0.3, 0.4) is 0 Å². The van der Waals surface area contributed by atoms with Crippen molar-refractivity contribution in [2.45, 2.75) is 26.8 Å². The molecular formula is C21H25N3O3. The molecule has 6 nitrogen and oxygen atoms in total. The van der Waals surface area contributed by atoms with Crippen LogP contribution in [-0.4, -0.2) is 42.1 Å². The number of carbonyl (C=O) groups excluding carboxylic acids is 3. The van der Waals surface area contributed by atoms with E-state index in [2.05, 4.69) is 10.6 Å². The van der Waals surface area contributed by atoms with Crippen LogP contribution >= 0.6 is 0 Å². The number of amides is 2. The van der Waals surface area contributed by atoms with E-state index in [-0.39, 0.29) is 24.1 Å². The molecule has 0 heterocycles. The molecule has 0 spiro atoms. The molecule has 0 aliphatic heterocycles. The van der Waals surface area contributed by atoms with Gasteiger partial charge < -0.3 is 10.6 Å². The van der Waals surface area contributed by atoms with E-state index in [1.165, 1.54) is 6.92 Å². The van der Waals surface area contributed by atoms with Gasteiger partial charge in [-0.1, -0.05) is 17.7 Å². The molecule has 0 aliphatic rings. The minimum Gasteiger partial charge on any atom is -0.325 e. The highest BCUT2D eigenvalue weighted by atomic mass is 16.2. The number of carbonyl (C=O) groups is 3. The topological polar surface area (TPSA) is 78.5 Å². The maximum Gasteiger partial charge on any atom is 0.241 e. The Bertz CT molecular complexity index is 814. The second kappa shape index (κ2) is 9.09. The quantitative estimate of drug-likeness (QED) is 0.737. The lowest BCUT2D eigenvalue weighted by molar-refractivity contribution is -0.122. The Kier molecular flexibility index (Phi) is 6.85. The van der Waals surface area contributed by atoms with E-state index < -0.39 is 6.04 Å². The van der Waals surface area contributed by atoms with Gasteiger partial charge in [-0.2, -0.15) is 0 Å². The van der Waals surface area contributed by atoms with Crippen LogP contribution in [0.25, 0.3) is 0 Å². The van der Waals surface area contributed by atoms with Crippen molar-refractivity contribution in [2.24, 2.45) is 0 Å². The van der Waals surface area contributed by atoms with Crippen molar-refractivity contribution >= 4 is 29.0 Å². The second-order valence-electron chi connectivity index (χ2n) is 6.63. The number of hydrogen-bond acceptors (Lipinski definition) is 4. The number of rotatable bonds is 7. The van der Waals surface area contributed by atoms with Gasteiger partial charge in [0.05, 0.1) is 12.6 Å². The molecule has 0 bridgehead atoms. The van der Waals surface area contributed by atoms with Crippen molar-refractivity contribution < 1.29 is 14.4 Å². The fourth-order valence-corrected chi connectivity index (χ4v) is 2.44. The molecule has 0 fully saturated rings. The highest BCUT2D eigenvalue weighted by Gasteiger charge is 2.20. The molecule has 1 atom stereocenters. The standard InChI is InChI=1S/C21H25N3O3/c1-14-5-9-18(10-6-14)22-20(26)13-24(4)15(2)21(27)23-19-11-7-17(8-12-19)16(3)25/h5-12,15H,13H2,1-4H3,(H,22,26)(H,23,27)/t15-/m0/s1. The summed E-state index contributed by atoms with van der Waals surface area (Å²) in [4.78, 5) is 37.5. The normalized spacial score (nSPS) is 11.7. The number of Topliss-reactive ketones (excluding diaryl/α,β-unsaturated/α-hetero) is 1. The zero-order valence-electron chi connectivity index (χ0n) is 16.1. The van der Waals surface area contributed by atoms with Crippen LogP contribution in [-0.2, 0) is 9.59 Å². The van der Waals surface area contributed by atoms with Gasteiger partial charge in [0.1, 0.15) is 0 Å². The zero-order chi connectivity index (χ0) is 20.0. The smallest absolute Gasteiger partial charge is 0.241 e. The Morgan fingerprint density at radius 2 is 1.44 bits per heavy atom. The summed E-state index contributed by atoms with van der Waals surface area (Å²) >= 11 is 0. The lowest BCUT2D eigenvalue weighted by atomic mass is 10.1. The molecule has 0 aromatic heterocycles. The van der Waals surface area contributed by atoms with E-state index in [1.807, 2.05) is 31.2 Å². The van der Waals surface area contributed by atoms with Crippen LogP contribution in [0.2, 0.25) is 0 Å². The van der Waals surface area contributed by atoms with E-state index in [1.54, 1.807) is 43.1 Å². The van der Waals surface area contributed by atoms with E-state index in [9.17, 15) is 14.4 Å². The number of hydrogen-bond donors (Lipinski definition) is 2. The second-order valence-corrected chi connectivity index (χ2v) is 6.63. The Morgan fingerprint density at radius 1 is 0.926 bits per heavy atom. The molecule has 0 saturated carbocycles. The lowest BCUT2D eigenvalue weighted by Gasteiger charge is -2.23. The fraction of sp³-hybridized carbons (Fsp3) is 0.286.